The van der Waals surface area contributed by atoms with Crippen LogP contribution in [0.4, 0.5) is 4.79 Å². The van der Waals surface area contributed by atoms with Gasteiger partial charge in [0.05, 0.1) is 11.2 Å². The average Bonchev–Trinajstić information content (AvgIpc) is 2.80. The maximum atomic E-state index is 13.1. The van der Waals surface area contributed by atoms with Crippen LogP contribution in [0.15, 0.2) is 53.3 Å². The number of fused-ring (bicyclic) bond motifs is 1. The number of ether oxygens (including phenoxy) is 1. The summed E-state index contributed by atoms with van der Waals surface area (Å²) in [7, 11) is 0. The fourth-order valence-electron chi connectivity index (χ4n) is 4.20. The molecular weight excluding hydrogens is 468 g/mol. The van der Waals surface area contributed by atoms with E-state index in [4.69, 9.17) is 16.3 Å². The van der Waals surface area contributed by atoms with Crippen LogP contribution in [0.5, 0.6) is 0 Å². The first-order valence-corrected chi connectivity index (χ1v) is 12.0. The van der Waals surface area contributed by atoms with Gasteiger partial charge in [0.1, 0.15) is 12.1 Å². The smallest absolute Gasteiger partial charge is 0.407 e. The summed E-state index contributed by atoms with van der Waals surface area (Å²) in [4.78, 5) is 44.2. The highest BCUT2D eigenvalue weighted by Crippen LogP contribution is 2.28. The Balaban J connectivity index is 1.50. The number of piperidine rings is 1. The minimum atomic E-state index is -0.564. The molecule has 0 aliphatic carbocycles. The summed E-state index contributed by atoms with van der Waals surface area (Å²) in [5.41, 5.74) is 0.878. The number of carbonyl (C=O) groups is 2. The zero-order valence-electron chi connectivity index (χ0n) is 20.1. The third-order valence-electron chi connectivity index (χ3n) is 5.85. The number of alkyl carbamates (subject to hydrolysis) is 1. The van der Waals surface area contributed by atoms with Gasteiger partial charge in [-0.15, -0.1) is 0 Å². The molecule has 0 saturated carbocycles. The van der Waals surface area contributed by atoms with Crippen LogP contribution in [-0.4, -0.2) is 51.2 Å². The van der Waals surface area contributed by atoms with Crippen LogP contribution < -0.4 is 11.0 Å². The lowest BCUT2D eigenvalue weighted by molar-refractivity contribution is -0.132. The molecule has 1 aliphatic rings. The Bertz CT molecular complexity index is 1290. The van der Waals surface area contributed by atoms with Crippen LogP contribution in [0.1, 0.15) is 33.6 Å². The Morgan fingerprint density at radius 2 is 1.80 bits per heavy atom. The van der Waals surface area contributed by atoms with Crippen molar-refractivity contribution in [3.8, 4) is 11.3 Å². The Labute approximate surface area is 208 Å². The van der Waals surface area contributed by atoms with Crippen molar-refractivity contribution < 1.29 is 14.3 Å². The molecule has 0 radical (unpaired) electrons. The van der Waals surface area contributed by atoms with Crippen molar-refractivity contribution in [3.05, 3.63) is 64.0 Å². The molecule has 2 aromatic carbocycles. The van der Waals surface area contributed by atoms with Gasteiger partial charge >= 0.3 is 11.8 Å². The number of benzene rings is 2. The summed E-state index contributed by atoms with van der Waals surface area (Å²) in [6.07, 6.45) is 0.770. The number of halogens is 1. The van der Waals surface area contributed by atoms with E-state index in [1.54, 1.807) is 23.1 Å². The van der Waals surface area contributed by atoms with Gasteiger partial charge < -0.3 is 15.0 Å². The first kappa shape index (κ1) is 24.7. The van der Waals surface area contributed by atoms with Crippen molar-refractivity contribution in [1.29, 1.82) is 0 Å². The van der Waals surface area contributed by atoms with Gasteiger partial charge in [-0.25, -0.2) is 9.59 Å². The maximum Gasteiger partial charge on any atom is 0.407 e. The van der Waals surface area contributed by atoms with E-state index in [-0.39, 0.29) is 18.5 Å². The highest BCUT2D eigenvalue weighted by atomic mass is 35.5. The summed E-state index contributed by atoms with van der Waals surface area (Å²) in [5.74, 6) is -0.173. The predicted octanol–water partition coefficient (Wildman–Crippen LogP) is 4.23. The third kappa shape index (κ3) is 6.00. The van der Waals surface area contributed by atoms with Crippen LogP contribution in [-0.2, 0) is 16.1 Å². The van der Waals surface area contributed by atoms with Crippen LogP contribution in [0.3, 0.4) is 0 Å². The monoisotopic (exact) mass is 496 g/mol. The number of aromatic nitrogens is 2. The van der Waals surface area contributed by atoms with Gasteiger partial charge in [0.25, 0.3) is 0 Å². The van der Waals surface area contributed by atoms with Crippen LogP contribution in [0.2, 0.25) is 5.02 Å². The zero-order chi connectivity index (χ0) is 25.2. The number of hydrogen-bond donors (Lipinski definition) is 1. The summed E-state index contributed by atoms with van der Waals surface area (Å²) in [5, 5.41) is 4.09. The normalized spacial score (nSPS) is 14.7. The Morgan fingerprint density at radius 1 is 1.11 bits per heavy atom. The SMILES string of the molecule is CC(C)(C)OC(=O)NC1CCN(C(=O)Cn2c(=O)nc(-c3ccccc3)c3cc(Cl)ccc32)CC1. The minimum absolute atomic E-state index is 0.0635. The van der Waals surface area contributed by atoms with Gasteiger partial charge in [-0.3, -0.25) is 9.36 Å². The molecule has 2 heterocycles. The molecule has 0 atom stereocenters. The Hall–Kier alpha value is -3.39. The van der Waals surface area contributed by atoms with Crippen LogP contribution >= 0.6 is 11.6 Å². The lowest BCUT2D eigenvalue weighted by Crippen LogP contribution is -2.48. The van der Waals surface area contributed by atoms with Crippen molar-refractivity contribution in [2.75, 3.05) is 13.1 Å². The van der Waals surface area contributed by atoms with Crippen molar-refractivity contribution in [2.24, 2.45) is 0 Å². The molecule has 8 nitrogen and oxygen atoms in total. The van der Waals surface area contributed by atoms with Crippen molar-refractivity contribution in [2.45, 2.75) is 51.8 Å². The summed E-state index contributed by atoms with van der Waals surface area (Å²) < 4.78 is 6.71. The van der Waals surface area contributed by atoms with E-state index in [0.717, 1.165) is 5.56 Å². The van der Waals surface area contributed by atoms with Gasteiger partial charge in [0.15, 0.2) is 0 Å². The van der Waals surface area contributed by atoms with E-state index in [0.29, 0.717) is 47.6 Å². The molecule has 4 rings (SSSR count). The molecule has 184 valence electrons. The quantitative estimate of drug-likeness (QED) is 0.583. The number of nitrogens with zero attached hydrogens (tertiary/aromatic N) is 3. The van der Waals surface area contributed by atoms with Crippen molar-refractivity contribution in [3.63, 3.8) is 0 Å². The molecule has 35 heavy (non-hydrogen) atoms. The molecule has 1 aliphatic heterocycles. The number of rotatable bonds is 4. The summed E-state index contributed by atoms with van der Waals surface area (Å²) in [6.45, 7) is 6.28. The van der Waals surface area contributed by atoms with E-state index >= 15 is 0 Å². The standard InChI is InChI=1S/C26H29ClN4O4/c1-26(2,3)35-25(34)28-19-11-13-30(14-12-19)22(32)16-31-21-10-9-18(27)15-20(21)23(29-24(31)33)17-7-5-4-6-8-17/h4-10,15,19H,11-14,16H2,1-3H3,(H,28,34). The number of amides is 2. The minimum Gasteiger partial charge on any atom is -0.444 e. The fourth-order valence-corrected chi connectivity index (χ4v) is 4.38. The van der Waals surface area contributed by atoms with E-state index in [1.165, 1.54) is 4.57 Å². The lowest BCUT2D eigenvalue weighted by Gasteiger charge is -2.33. The molecule has 0 spiro atoms. The number of hydrogen-bond acceptors (Lipinski definition) is 5. The number of nitrogens with one attached hydrogen (secondary N) is 1. The second-order valence-corrected chi connectivity index (χ2v) is 10.1. The molecule has 2 amide bonds. The van der Waals surface area contributed by atoms with Gasteiger partial charge in [0.2, 0.25) is 5.91 Å². The highest BCUT2D eigenvalue weighted by Gasteiger charge is 2.26. The zero-order valence-corrected chi connectivity index (χ0v) is 20.8. The topological polar surface area (TPSA) is 93.5 Å². The van der Waals surface area contributed by atoms with Gasteiger partial charge in [-0.2, -0.15) is 4.98 Å². The molecule has 9 heteroatoms. The van der Waals surface area contributed by atoms with E-state index in [1.807, 2.05) is 51.1 Å². The summed E-state index contributed by atoms with van der Waals surface area (Å²) in [6, 6.07) is 14.6. The van der Waals surface area contributed by atoms with Crippen LogP contribution in [0, 0.1) is 0 Å². The molecule has 1 fully saturated rings. The van der Waals surface area contributed by atoms with E-state index in [2.05, 4.69) is 10.3 Å². The fraction of sp³-hybridized carbons (Fsp3) is 0.385. The van der Waals surface area contributed by atoms with Gasteiger partial charge in [0, 0.05) is 35.1 Å². The van der Waals surface area contributed by atoms with E-state index < -0.39 is 17.4 Å². The second kappa shape index (κ2) is 10.1. The number of carbonyl (C=O) groups excluding carboxylic acids is 2. The van der Waals surface area contributed by atoms with Crippen molar-refractivity contribution >= 4 is 34.5 Å². The largest absolute Gasteiger partial charge is 0.444 e. The third-order valence-corrected chi connectivity index (χ3v) is 6.09. The Kier molecular flexibility index (Phi) is 7.12. The predicted molar refractivity (Wildman–Crippen MR) is 135 cm³/mol. The van der Waals surface area contributed by atoms with E-state index in [9.17, 15) is 14.4 Å². The maximum absolute atomic E-state index is 13.1. The van der Waals surface area contributed by atoms with Gasteiger partial charge in [-0.05, 0) is 51.8 Å². The number of likely N-dealkylation sites (tertiary alicyclic amines) is 1. The summed E-state index contributed by atoms with van der Waals surface area (Å²) >= 11 is 6.25. The molecule has 1 aromatic heterocycles. The van der Waals surface area contributed by atoms with Gasteiger partial charge in [-0.1, -0.05) is 41.9 Å². The van der Waals surface area contributed by atoms with Crippen molar-refractivity contribution in [1.82, 2.24) is 19.8 Å². The second-order valence-electron chi connectivity index (χ2n) is 9.66. The molecule has 1 saturated heterocycles. The molecule has 3 aromatic rings. The molecule has 0 unspecified atom stereocenters. The first-order valence-electron chi connectivity index (χ1n) is 11.6. The molecular formula is C26H29ClN4O4. The molecule has 0 bridgehead atoms. The highest BCUT2D eigenvalue weighted by molar-refractivity contribution is 6.31. The lowest BCUT2D eigenvalue weighted by atomic mass is 10.0. The average molecular weight is 497 g/mol. The first-order chi connectivity index (χ1) is 16.6. The Morgan fingerprint density at radius 3 is 2.46 bits per heavy atom. The molecule has 1 N–H and O–H groups in total. The van der Waals surface area contributed by atoms with Crippen LogP contribution in [0.25, 0.3) is 22.2 Å².